The quantitative estimate of drug-likeness (QED) is 0.165. The van der Waals surface area contributed by atoms with Gasteiger partial charge in [0, 0.05) is 50.4 Å². The van der Waals surface area contributed by atoms with Crippen LogP contribution in [-0.4, -0.2) is 18.9 Å². The van der Waals surface area contributed by atoms with Crippen LogP contribution in [0.2, 0.25) is 0 Å². The number of benzene rings is 6. The molecule has 0 saturated heterocycles. The Balaban J connectivity index is 1.24. The second-order valence-corrected chi connectivity index (χ2v) is 13.7. The van der Waals surface area contributed by atoms with Gasteiger partial charge >= 0.3 is 0 Å². The SMILES string of the molecule is CC(C)c1ccccc1-c1cnc2c3cc(N(c4ccccc4)c4ccc5c6ccccc6n(-c6ccccn6)c5c4)ccc3c3ccccc3n12. The summed E-state index contributed by atoms with van der Waals surface area (Å²) < 4.78 is 4.63. The molecule has 0 N–H and O–H groups in total. The van der Waals surface area contributed by atoms with E-state index in [0.717, 1.165) is 56.2 Å². The average Bonchev–Trinajstić information content (AvgIpc) is 3.79. The standard InChI is InChI=1S/C47H35N5/c1-31(2)35-16-6-7-17-37(35)45-30-49-47-41-28-33(23-25-36(41)38-18-8-11-21-43(38)52(45)47)50(32-14-4-3-5-15-32)34-24-26-40-39-19-9-10-20-42(39)51(44(40)29-34)46-22-12-13-27-48-46/h3-31H,1-2H3. The van der Waals surface area contributed by atoms with E-state index in [2.05, 4.69) is 180 Å². The van der Waals surface area contributed by atoms with Crippen LogP contribution in [0.15, 0.2) is 170 Å². The molecule has 5 heteroatoms. The minimum Gasteiger partial charge on any atom is -0.310 e. The number of nitrogens with zero attached hydrogens (tertiary/aromatic N) is 5. The molecular formula is C47H35N5. The van der Waals surface area contributed by atoms with Crippen LogP contribution < -0.4 is 4.90 Å². The van der Waals surface area contributed by atoms with Crippen LogP contribution in [-0.2, 0) is 0 Å². The molecule has 0 unspecified atom stereocenters. The van der Waals surface area contributed by atoms with E-state index in [1.54, 1.807) is 0 Å². The molecule has 0 aliphatic rings. The Morgan fingerprint density at radius 2 is 1.15 bits per heavy atom. The van der Waals surface area contributed by atoms with Gasteiger partial charge in [-0.15, -0.1) is 0 Å². The van der Waals surface area contributed by atoms with E-state index in [4.69, 9.17) is 9.97 Å². The molecule has 0 saturated carbocycles. The predicted octanol–water partition coefficient (Wildman–Crippen LogP) is 12.4. The summed E-state index contributed by atoms with van der Waals surface area (Å²) in [5.74, 6) is 1.28. The molecule has 52 heavy (non-hydrogen) atoms. The first-order chi connectivity index (χ1) is 25.7. The summed E-state index contributed by atoms with van der Waals surface area (Å²) in [5.41, 5.74) is 11.2. The molecule has 0 bridgehead atoms. The van der Waals surface area contributed by atoms with Crippen molar-refractivity contribution >= 4 is 66.2 Å². The predicted molar refractivity (Wildman–Crippen MR) is 217 cm³/mol. The van der Waals surface area contributed by atoms with E-state index < -0.39 is 0 Å². The number of hydrogen-bond acceptors (Lipinski definition) is 3. The summed E-state index contributed by atoms with van der Waals surface area (Å²) in [4.78, 5) is 12.3. The lowest BCUT2D eigenvalue weighted by atomic mass is 9.95. The largest absolute Gasteiger partial charge is 0.310 e. The summed E-state index contributed by atoms with van der Waals surface area (Å²) in [6.07, 6.45) is 3.91. The Hall–Kier alpha value is -6.72. The van der Waals surface area contributed by atoms with Gasteiger partial charge in [0.15, 0.2) is 0 Å². The van der Waals surface area contributed by atoms with Gasteiger partial charge in [-0.1, -0.05) is 111 Å². The highest BCUT2D eigenvalue weighted by molar-refractivity contribution is 6.14. The van der Waals surface area contributed by atoms with Gasteiger partial charge in [0.05, 0.1) is 28.4 Å². The van der Waals surface area contributed by atoms with Crippen molar-refractivity contribution in [3.8, 4) is 17.1 Å². The van der Waals surface area contributed by atoms with Crippen molar-refractivity contribution in [2.75, 3.05) is 4.90 Å². The lowest BCUT2D eigenvalue weighted by Gasteiger charge is -2.26. The van der Waals surface area contributed by atoms with Crippen LogP contribution in [0.1, 0.15) is 25.3 Å². The normalized spacial score (nSPS) is 11.8. The van der Waals surface area contributed by atoms with Crippen LogP contribution in [0.3, 0.4) is 0 Å². The third-order valence-electron chi connectivity index (χ3n) is 10.4. The van der Waals surface area contributed by atoms with Crippen molar-refractivity contribution in [1.82, 2.24) is 18.9 Å². The summed E-state index contributed by atoms with van der Waals surface area (Å²) in [6, 6.07) is 56.3. The first-order valence-electron chi connectivity index (χ1n) is 17.9. The van der Waals surface area contributed by atoms with E-state index >= 15 is 0 Å². The van der Waals surface area contributed by atoms with Crippen molar-refractivity contribution in [1.29, 1.82) is 0 Å². The lowest BCUT2D eigenvalue weighted by molar-refractivity contribution is 0.868. The fraction of sp³-hybridized carbons (Fsp3) is 0.0638. The van der Waals surface area contributed by atoms with E-state index in [1.165, 1.54) is 32.7 Å². The minimum absolute atomic E-state index is 0.383. The summed E-state index contributed by atoms with van der Waals surface area (Å²) >= 11 is 0. The summed E-state index contributed by atoms with van der Waals surface area (Å²) in [5, 5.41) is 5.88. The number of anilines is 3. The van der Waals surface area contributed by atoms with Crippen molar-refractivity contribution in [2.45, 2.75) is 19.8 Å². The van der Waals surface area contributed by atoms with Gasteiger partial charge < -0.3 is 4.90 Å². The Morgan fingerprint density at radius 3 is 1.94 bits per heavy atom. The molecule has 6 aromatic carbocycles. The molecule has 4 aromatic heterocycles. The van der Waals surface area contributed by atoms with Gasteiger partial charge in [0.25, 0.3) is 0 Å². The number of pyridine rings is 2. The van der Waals surface area contributed by atoms with Gasteiger partial charge in [0.1, 0.15) is 11.5 Å². The molecular weight excluding hydrogens is 635 g/mol. The second kappa shape index (κ2) is 12.0. The van der Waals surface area contributed by atoms with Crippen LogP contribution in [0.5, 0.6) is 0 Å². The average molecular weight is 670 g/mol. The topological polar surface area (TPSA) is 38.4 Å². The smallest absolute Gasteiger partial charge is 0.145 e. The number of rotatable bonds is 6. The lowest BCUT2D eigenvalue weighted by Crippen LogP contribution is -2.10. The van der Waals surface area contributed by atoms with E-state index in [-0.39, 0.29) is 0 Å². The van der Waals surface area contributed by atoms with E-state index in [1.807, 2.05) is 18.3 Å². The zero-order valence-electron chi connectivity index (χ0n) is 29.0. The van der Waals surface area contributed by atoms with Gasteiger partial charge in [0.2, 0.25) is 0 Å². The van der Waals surface area contributed by atoms with Crippen LogP contribution >= 0.6 is 0 Å². The zero-order valence-corrected chi connectivity index (χ0v) is 29.0. The molecule has 10 rings (SSSR count). The molecule has 5 nitrogen and oxygen atoms in total. The van der Waals surface area contributed by atoms with Crippen LogP contribution in [0, 0.1) is 0 Å². The van der Waals surface area contributed by atoms with Gasteiger partial charge in [-0.25, -0.2) is 9.97 Å². The fourth-order valence-electron chi connectivity index (χ4n) is 8.05. The molecule has 0 aliphatic carbocycles. The Kier molecular flexibility index (Phi) is 6.93. The maximum atomic E-state index is 5.16. The molecule has 248 valence electrons. The molecule has 0 aliphatic heterocycles. The van der Waals surface area contributed by atoms with Crippen molar-refractivity contribution in [2.24, 2.45) is 0 Å². The number of fused-ring (bicyclic) bond motifs is 9. The summed E-state index contributed by atoms with van der Waals surface area (Å²) in [7, 11) is 0. The highest BCUT2D eigenvalue weighted by Gasteiger charge is 2.21. The third-order valence-corrected chi connectivity index (χ3v) is 10.4. The first-order valence-corrected chi connectivity index (χ1v) is 17.9. The van der Waals surface area contributed by atoms with Gasteiger partial charge in [-0.3, -0.25) is 8.97 Å². The number of imidazole rings is 1. The summed E-state index contributed by atoms with van der Waals surface area (Å²) in [6.45, 7) is 4.51. The third kappa shape index (κ3) is 4.63. The molecule has 0 radical (unpaired) electrons. The Bertz CT molecular complexity index is 2940. The highest BCUT2D eigenvalue weighted by atomic mass is 15.1. The van der Waals surface area contributed by atoms with Crippen molar-refractivity contribution in [3.63, 3.8) is 0 Å². The van der Waals surface area contributed by atoms with Crippen molar-refractivity contribution < 1.29 is 0 Å². The molecule has 0 fully saturated rings. The van der Waals surface area contributed by atoms with Gasteiger partial charge in [-0.2, -0.15) is 0 Å². The maximum absolute atomic E-state index is 5.16. The molecule has 4 heterocycles. The van der Waals surface area contributed by atoms with Crippen molar-refractivity contribution in [3.05, 3.63) is 176 Å². The zero-order chi connectivity index (χ0) is 34.8. The Labute approximate surface area is 301 Å². The molecule has 10 aromatic rings. The first kappa shape index (κ1) is 30.1. The Morgan fingerprint density at radius 1 is 0.500 bits per heavy atom. The molecule has 0 amide bonds. The van der Waals surface area contributed by atoms with Crippen LogP contribution in [0.25, 0.3) is 66.2 Å². The van der Waals surface area contributed by atoms with Gasteiger partial charge in [-0.05, 0) is 77.5 Å². The molecule has 0 spiro atoms. The van der Waals surface area contributed by atoms with Crippen LogP contribution in [0.4, 0.5) is 17.1 Å². The second-order valence-electron chi connectivity index (χ2n) is 13.7. The fourth-order valence-corrected chi connectivity index (χ4v) is 8.05. The van der Waals surface area contributed by atoms with E-state index in [9.17, 15) is 0 Å². The molecule has 0 atom stereocenters. The minimum atomic E-state index is 0.383. The number of hydrogen-bond donors (Lipinski definition) is 0. The monoisotopic (exact) mass is 669 g/mol. The maximum Gasteiger partial charge on any atom is 0.145 e. The van der Waals surface area contributed by atoms with E-state index in [0.29, 0.717) is 5.92 Å². The number of aromatic nitrogens is 4. The highest BCUT2D eigenvalue weighted by Crippen LogP contribution is 2.42. The number of para-hydroxylation sites is 3.